The number of hydrogen-bond acceptors (Lipinski definition) is 2. The van der Waals surface area contributed by atoms with Gasteiger partial charge in [-0.3, -0.25) is 11.3 Å². The van der Waals surface area contributed by atoms with E-state index < -0.39 is 0 Å². The lowest BCUT2D eigenvalue weighted by Crippen LogP contribution is -2.38. The summed E-state index contributed by atoms with van der Waals surface area (Å²) < 4.78 is 13.8. The molecular formula is C15H14Cl3FN2. The first-order valence-electron chi connectivity index (χ1n) is 6.34. The van der Waals surface area contributed by atoms with Crippen molar-refractivity contribution in [2.45, 2.75) is 18.9 Å². The highest BCUT2D eigenvalue weighted by atomic mass is 35.5. The SMILES string of the molecule is NNC(Cc1ccc(Cl)c(Cl)c1)Cc1c(F)cccc1Cl. The standard InChI is InChI=1S/C15H14Cl3FN2/c16-12-2-1-3-15(19)11(12)8-10(21-20)6-9-4-5-13(17)14(18)7-9/h1-5,7,10,21H,6,8,20H2. The lowest BCUT2D eigenvalue weighted by atomic mass is 9.99. The maximum Gasteiger partial charge on any atom is 0.127 e. The number of rotatable bonds is 5. The van der Waals surface area contributed by atoms with E-state index in [2.05, 4.69) is 5.43 Å². The molecule has 0 saturated heterocycles. The molecule has 0 saturated carbocycles. The summed E-state index contributed by atoms with van der Waals surface area (Å²) in [6, 6.07) is 9.81. The Kier molecular flexibility index (Phi) is 5.85. The van der Waals surface area contributed by atoms with Gasteiger partial charge >= 0.3 is 0 Å². The predicted octanol–water partition coefficient (Wildman–Crippen LogP) is 4.40. The zero-order valence-electron chi connectivity index (χ0n) is 11.0. The van der Waals surface area contributed by atoms with E-state index in [0.717, 1.165) is 5.56 Å². The Hall–Kier alpha value is -0.840. The van der Waals surface area contributed by atoms with E-state index in [1.807, 2.05) is 6.07 Å². The van der Waals surface area contributed by atoms with E-state index in [1.165, 1.54) is 6.07 Å². The fourth-order valence-electron chi connectivity index (χ4n) is 2.11. The van der Waals surface area contributed by atoms with Crippen LogP contribution in [-0.4, -0.2) is 6.04 Å². The third-order valence-electron chi connectivity index (χ3n) is 3.21. The molecule has 1 unspecified atom stereocenters. The summed E-state index contributed by atoms with van der Waals surface area (Å²) >= 11 is 17.9. The molecule has 1 atom stereocenters. The van der Waals surface area contributed by atoms with Gasteiger partial charge in [-0.2, -0.15) is 0 Å². The first kappa shape index (κ1) is 16.5. The summed E-state index contributed by atoms with van der Waals surface area (Å²) in [5.41, 5.74) is 4.09. The Morgan fingerprint density at radius 2 is 1.76 bits per heavy atom. The summed E-state index contributed by atoms with van der Waals surface area (Å²) in [6.45, 7) is 0. The number of hydrogen-bond donors (Lipinski definition) is 2. The van der Waals surface area contributed by atoms with Gasteiger partial charge in [-0.05, 0) is 42.7 Å². The van der Waals surface area contributed by atoms with Gasteiger partial charge in [0.05, 0.1) is 10.0 Å². The summed E-state index contributed by atoms with van der Waals surface area (Å²) in [4.78, 5) is 0. The molecule has 0 aromatic heterocycles. The van der Waals surface area contributed by atoms with Gasteiger partial charge in [-0.1, -0.05) is 46.9 Å². The molecular weight excluding hydrogens is 334 g/mol. The van der Waals surface area contributed by atoms with Crippen molar-refractivity contribution in [1.29, 1.82) is 0 Å². The van der Waals surface area contributed by atoms with Gasteiger partial charge < -0.3 is 0 Å². The van der Waals surface area contributed by atoms with E-state index in [1.54, 1.807) is 24.3 Å². The Morgan fingerprint density at radius 3 is 2.38 bits per heavy atom. The fourth-order valence-corrected chi connectivity index (χ4v) is 2.68. The minimum absolute atomic E-state index is 0.170. The average Bonchev–Trinajstić information content (AvgIpc) is 2.45. The Labute approximate surface area is 138 Å². The number of nitrogens with one attached hydrogen (secondary N) is 1. The second kappa shape index (κ2) is 7.43. The van der Waals surface area contributed by atoms with Crippen molar-refractivity contribution in [2.24, 2.45) is 5.84 Å². The second-order valence-corrected chi connectivity index (χ2v) is 5.94. The van der Waals surface area contributed by atoms with Crippen molar-refractivity contribution in [3.05, 3.63) is 68.4 Å². The normalized spacial score (nSPS) is 12.4. The monoisotopic (exact) mass is 346 g/mol. The maximum absolute atomic E-state index is 13.8. The van der Waals surface area contributed by atoms with Crippen LogP contribution in [0.2, 0.25) is 15.1 Å². The van der Waals surface area contributed by atoms with Gasteiger partial charge in [0, 0.05) is 16.6 Å². The first-order chi connectivity index (χ1) is 10.0. The molecule has 0 aliphatic rings. The van der Waals surface area contributed by atoms with Crippen LogP contribution < -0.4 is 11.3 Å². The van der Waals surface area contributed by atoms with Crippen LogP contribution in [0.15, 0.2) is 36.4 Å². The van der Waals surface area contributed by atoms with Gasteiger partial charge in [0.1, 0.15) is 5.82 Å². The van der Waals surface area contributed by atoms with E-state index in [-0.39, 0.29) is 11.9 Å². The zero-order chi connectivity index (χ0) is 15.4. The highest BCUT2D eigenvalue weighted by molar-refractivity contribution is 6.42. The second-order valence-electron chi connectivity index (χ2n) is 4.72. The Bertz CT molecular complexity index is 614. The maximum atomic E-state index is 13.8. The molecule has 21 heavy (non-hydrogen) atoms. The van der Waals surface area contributed by atoms with Crippen molar-refractivity contribution in [1.82, 2.24) is 5.43 Å². The van der Waals surface area contributed by atoms with Crippen LogP contribution in [0.4, 0.5) is 4.39 Å². The van der Waals surface area contributed by atoms with Crippen LogP contribution in [0.3, 0.4) is 0 Å². The van der Waals surface area contributed by atoms with E-state index >= 15 is 0 Å². The molecule has 6 heteroatoms. The fraction of sp³-hybridized carbons (Fsp3) is 0.200. The molecule has 112 valence electrons. The third kappa shape index (κ3) is 4.31. The van der Waals surface area contributed by atoms with E-state index in [4.69, 9.17) is 40.6 Å². The molecule has 2 aromatic rings. The zero-order valence-corrected chi connectivity index (χ0v) is 13.3. The van der Waals surface area contributed by atoms with Crippen molar-refractivity contribution in [3.8, 4) is 0 Å². The van der Waals surface area contributed by atoms with Crippen LogP contribution in [0.1, 0.15) is 11.1 Å². The smallest absolute Gasteiger partial charge is 0.127 e. The van der Waals surface area contributed by atoms with E-state index in [0.29, 0.717) is 33.5 Å². The minimum atomic E-state index is -0.336. The number of benzene rings is 2. The molecule has 0 amide bonds. The number of hydrazine groups is 1. The Balaban J connectivity index is 2.15. The predicted molar refractivity (Wildman–Crippen MR) is 86.4 cm³/mol. The van der Waals surface area contributed by atoms with Crippen molar-refractivity contribution in [3.63, 3.8) is 0 Å². The molecule has 0 bridgehead atoms. The highest BCUT2D eigenvalue weighted by Gasteiger charge is 2.15. The minimum Gasteiger partial charge on any atom is -0.271 e. The van der Waals surface area contributed by atoms with Gasteiger partial charge in [-0.25, -0.2) is 4.39 Å². The van der Waals surface area contributed by atoms with E-state index in [9.17, 15) is 4.39 Å². The summed E-state index contributed by atoms with van der Waals surface area (Å²) in [7, 11) is 0. The lowest BCUT2D eigenvalue weighted by Gasteiger charge is -2.17. The molecule has 0 radical (unpaired) electrons. The molecule has 2 nitrogen and oxygen atoms in total. The van der Waals surface area contributed by atoms with Gasteiger partial charge in [0.2, 0.25) is 0 Å². The molecule has 0 aliphatic carbocycles. The Morgan fingerprint density at radius 1 is 1.00 bits per heavy atom. The highest BCUT2D eigenvalue weighted by Crippen LogP contribution is 2.25. The first-order valence-corrected chi connectivity index (χ1v) is 7.47. The van der Waals surface area contributed by atoms with Crippen molar-refractivity contribution in [2.75, 3.05) is 0 Å². The molecule has 0 fully saturated rings. The summed E-state index contributed by atoms with van der Waals surface area (Å²) in [5.74, 6) is 5.23. The quantitative estimate of drug-likeness (QED) is 0.621. The average molecular weight is 348 g/mol. The molecule has 0 aliphatic heterocycles. The number of nitrogens with two attached hydrogens (primary N) is 1. The van der Waals surface area contributed by atoms with Gasteiger partial charge in [0.15, 0.2) is 0 Å². The number of halogens is 4. The van der Waals surface area contributed by atoms with Gasteiger partial charge in [0.25, 0.3) is 0 Å². The molecule has 0 heterocycles. The van der Waals surface area contributed by atoms with Crippen LogP contribution >= 0.6 is 34.8 Å². The molecule has 2 rings (SSSR count). The summed E-state index contributed by atoms with van der Waals surface area (Å²) in [6.07, 6.45) is 0.959. The lowest BCUT2D eigenvalue weighted by molar-refractivity contribution is 0.506. The van der Waals surface area contributed by atoms with Crippen LogP contribution in [-0.2, 0) is 12.8 Å². The molecule has 3 N–H and O–H groups in total. The van der Waals surface area contributed by atoms with Gasteiger partial charge in [-0.15, -0.1) is 0 Å². The summed E-state index contributed by atoms with van der Waals surface area (Å²) in [5, 5.41) is 1.37. The van der Waals surface area contributed by atoms with Crippen molar-refractivity contribution < 1.29 is 4.39 Å². The van der Waals surface area contributed by atoms with Crippen LogP contribution in [0.5, 0.6) is 0 Å². The van der Waals surface area contributed by atoms with Crippen LogP contribution in [0, 0.1) is 5.82 Å². The third-order valence-corrected chi connectivity index (χ3v) is 4.31. The molecule has 0 spiro atoms. The topological polar surface area (TPSA) is 38.0 Å². The largest absolute Gasteiger partial charge is 0.271 e. The van der Waals surface area contributed by atoms with Crippen molar-refractivity contribution >= 4 is 34.8 Å². The molecule has 2 aromatic carbocycles. The van der Waals surface area contributed by atoms with Crippen LogP contribution in [0.25, 0.3) is 0 Å².